The lowest BCUT2D eigenvalue weighted by molar-refractivity contribution is -0.132. The van der Waals surface area contributed by atoms with Gasteiger partial charge in [-0.15, -0.1) is 0 Å². The summed E-state index contributed by atoms with van der Waals surface area (Å²) in [5, 5.41) is 22.2. The fourth-order valence-corrected chi connectivity index (χ4v) is 9.87. The van der Waals surface area contributed by atoms with Gasteiger partial charge in [0.05, 0.1) is 31.3 Å². The van der Waals surface area contributed by atoms with E-state index in [1.165, 1.54) is 18.1 Å². The summed E-state index contributed by atoms with van der Waals surface area (Å²) in [6.45, 7) is 43.7. The first-order valence-electron chi connectivity index (χ1n) is 34.4. The number of benzene rings is 5. The highest BCUT2D eigenvalue weighted by Crippen LogP contribution is 2.46. The molecule has 0 bridgehead atoms. The molecule has 21 nitrogen and oxygen atoms in total. The van der Waals surface area contributed by atoms with Crippen molar-refractivity contribution in [1.82, 2.24) is 15.0 Å². The number of methoxy groups -OCH3 is 2. The largest absolute Gasteiger partial charge is 0.449 e. The Morgan fingerprint density at radius 2 is 0.941 bits per heavy atom. The monoisotopic (exact) mass is 1430 g/mol. The molecule has 0 radical (unpaired) electrons. The molecular formula is C80H118N8O13S. The van der Waals surface area contributed by atoms with Crippen molar-refractivity contribution in [1.29, 1.82) is 0 Å². The summed E-state index contributed by atoms with van der Waals surface area (Å²) in [6.07, 6.45) is 2.77. The van der Waals surface area contributed by atoms with Crippen LogP contribution >= 0.6 is 0 Å². The number of ether oxygens (including phenoxy) is 4. The van der Waals surface area contributed by atoms with E-state index < -0.39 is 33.5 Å². The van der Waals surface area contributed by atoms with Crippen LogP contribution in [0, 0.1) is 5.41 Å². The maximum Gasteiger partial charge on any atom is 0.412 e. The molecule has 0 unspecified atom stereocenters. The summed E-state index contributed by atoms with van der Waals surface area (Å²) >= 11 is 0. The lowest BCUT2D eigenvalue weighted by Crippen LogP contribution is -2.36. The molecule has 6 amide bonds. The van der Waals surface area contributed by atoms with Crippen LogP contribution in [-0.4, -0.2) is 115 Å². The van der Waals surface area contributed by atoms with E-state index in [2.05, 4.69) is 161 Å². The predicted octanol–water partition coefficient (Wildman–Crippen LogP) is 15.3. The Kier molecular flexibility index (Phi) is 35.9. The van der Waals surface area contributed by atoms with Gasteiger partial charge in [0.15, 0.2) is 0 Å². The quantitative estimate of drug-likeness (QED) is 0.0276. The van der Waals surface area contributed by atoms with Crippen LogP contribution in [0.25, 0.3) is 0 Å². The first-order valence-corrected chi connectivity index (χ1v) is 35.8. The van der Waals surface area contributed by atoms with Crippen molar-refractivity contribution in [2.75, 3.05) is 81.6 Å². The molecule has 22 heteroatoms. The van der Waals surface area contributed by atoms with Gasteiger partial charge < -0.3 is 45.7 Å². The van der Waals surface area contributed by atoms with Crippen molar-refractivity contribution in [2.45, 2.75) is 195 Å². The van der Waals surface area contributed by atoms with E-state index in [0.29, 0.717) is 56.3 Å². The number of carbonyl (C=O) groups excluding carboxylic acids is 6. The second-order valence-electron chi connectivity index (χ2n) is 30.7. The molecule has 6 aromatic rings. The Bertz CT molecular complexity index is 3680. The third-order valence-electron chi connectivity index (χ3n) is 15.5. The van der Waals surface area contributed by atoms with Crippen molar-refractivity contribution in [3.8, 4) is 0 Å². The molecule has 562 valence electrons. The average molecular weight is 1430 g/mol. The lowest BCUT2D eigenvalue weighted by atomic mass is 9.86. The number of amides is 6. The molecule has 0 atom stereocenters. The fourth-order valence-electron chi connectivity index (χ4n) is 8.85. The smallest absolute Gasteiger partial charge is 0.412 e. The van der Waals surface area contributed by atoms with Gasteiger partial charge in [0.25, 0.3) is 5.91 Å². The number of nitrogens with one attached hydrogen (secondary N) is 6. The van der Waals surface area contributed by atoms with Crippen molar-refractivity contribution in [2.24, 2.45) is 11.1 Å². The van der Waals surface area contributed by atoms with Gasteiger partial charge in [0, 0.05) is 63.1 Å². The second-order valence-corrected chi connectivity index (χ2v) is 32.5. The molecule has 1 heterocycles. The second kappa shape index (κ2) is 40.9. The van der Waals surface area contributed by atoms with Crippen molar-refractivity contribution in [3.05, 3.63) is 179 Å². The molecule has 5 aromatic carbocycles. The minimum absolute atomic E-state index is 0.000813. The van der Waals surface area contributed by atoms with Crippen LogP contribution < -0.4 is 37.0 Å². The highest BCUT2D eigenvalue weighted by Gasteiger charge is 2.55. The maximum atomic E-state index is 12.0. The SMILES string of the molecule is CC(=O)Nc1ccc(C(C)(C)C)cc1.CC(C)(C)c1ccc(NC(=O)C2(C(N)=O)CC2)cc1.CC(C)(C)c1ccc(S(=O)(=O)NCCO)cc1.CCCOC(=O)Nc1ccc(C(C)(C)C)cn1.COCCNC(=O)c1cccc(C(C)(C)C)c1.COCCOC(=O)Nc1cccc(C(C)(C)C)c1. The maximum absolute atomic E-state index is 12.0. The van der Waals surface area contributed by atoms with E-state index in [4.69, 9.17) is 29.8 Å². The summed E-state index contributed by atoms with van der Waals surface area (Å²) in [6, 6.07) is 41.7. The first-order chi connectivity index (χ1) is 47.2. The number of aliphatic hydroxyl groups is 1. The summed E-state index contributed by atoms with van der Waals surface area (Å²) in [5.41, 5.74) is 14.7. The summed E-state index contributed by atoms with van der Waals surface area (Å²) in [5.74, 6) is -0.388. The highest BCUT2D eigenvalue weighted by atomic mass is 32.2. The van der Waals surface area contributed by atoms with Gasteiger partial charge in [-0.1, -0.05) is 198 Å². The highest BCUT2D eigenvalue weighted by molar-refractivity contribution is 7.89. The van der Waals surface area contributed by atoms with Gasteiger partial charge in [-0.25, -0.2) is 27.7 Å². The zero-order valence-electron chi connectivity index (χ0n) is 64.6. The van der Waals surface area contributed by atoms with E-state index in [9.17, 15) is 37.2 Å². The van der Waals surface area contributed by atoms with Crippen LogP contribution in [0.5, 0.6) is 0 Å². The zero-order chi connectivity index (χ0) is 77.5. The molecule has 0 spiro atoms. The normalized spacial score (nSPS) is 12.5. The van der Waals surface area contributed by atoms with Gasteiger partial charge in [0.1, 0.15) is 17.8 Å². The van der Waals surface area contributed by atoms with Gasteiger partial charge >= 0.3 is 12.2 Å². The number of sulfonamides is 1. The van der Waals surface area contributed by atoms with Crippen LogP contribution in [-0.2, 0) is 75.8 Å². The number of carbonyl (C=O) groups is 6. The minimum atomic E-state index is -3.49. The number of hydrogen-bond acceptors (Lipinski definition) is 14. The summed E-state index contributed by atoms with van der Waals surface area (Å²) < 4.78 is 45.3. The molecule has 7 rings (SSSR count). The van der Waals surface area contributed by atoms with Crippen molar-refractivity contribution < 1.29 is 61.2 Å². The number of aliphatic hydroxyl groups excluding tert-OH is 1. The molecule has 9 N–H and O–H groups in total. The Hall–Kier alpha value is -8.54. The molecule has 1 aliphatic rings. The Morgan fingerprint density at radius 3 is 1.36 bits per heavy atom. The molecule has 1 saturated carbocycles. The molecule has 1 aliphatic carbocycles. The molecule has 0 saturated heterocycles. The standard InChI is InChI=1S/C15H20N2O2.C14H21NO3.C14H21NO2.C13H20N2O2.C12H19NO3S.C12H17NO/c1-14(2,3)10-4-6-11(7-5-10)17-13(19)15(8-9-15)12(16)18;1-14(2,3)11-6-5-7-12(10-11)15-13(16)18-9-8-17-4;1-14(2,3)12-7-5-6-11(10-12)13(16)15-8-9-17-4;1-5-8-17-12(16)15-11-7-6-10(9-14-11)13(2,3)4;1-12(2,3)10-4-6-11(7-5-10)17(15,16)13-8-9-14;1-9(14)13-11-7-5-10(6-8-11)12(2,3)4/h4-7H,8-9H2,1-3H3,(H2,16,18)(H,17,19);5-7,10H,8-9H2,1-4H3,(H,15,16);5-7,10H,8-9H2,1-4H3,(H,15,16);6-7,9H,5,8H2,1-4H3,(H,14,15,16);4-7,13-14H,8-9H2,1-3H3;5-8H,1-4H3,(H,13,14). The first kappa shape index (κ1) is 89.5. The van der Waals surface area contributed by atoms with Crippen molar-refractivity contribution >= 4 is 68.7 Å². The molecule has 102 heavy (non-hydrogen) atoms. The van der Waals surface area contributed by atoms with Gasteiger partial charge in [0.2, 0.25) is 27.7 Å². The number of anilines is 4. The Balaban J connectivity index is 0.000000417. The van der Waals surface area contributed by atoms with E-state index >= 15 is 0 Å². The van der Waals surface area contributed by atoms with Gasteiger partial charge in [-0.3, -0.25) is 29.8 Å². The van der Waals surface area contributed by atoms with E-state index in [1.54, 1.807) is 38.6 Å². The third-order valence-corrected chi connectivity index (χ3v) is 17.0. The molecule has 1 fully saturated rings. The third kappa shape index (κ3) is 33.5. The number of aromatic nitrogens is 1. The number of nitrogens with two attached hydrogens (primary N) is 1. The Labute approximate surface area is 608 Å². The van der Waals surface area contributed by atoms with Crippen LogP contribution in [0.15, 0.2) is 145 Å². The number of nitrogens with zero attached hydrogens (tertiary/aromatic N) is 1. The average Bonchev–Trinajstić information content (AvgIpc) is 1.61. The number of hydrogen-bond donors (Lipinski definition) is 8. The lowest BCUT2D eigenvalue weighted by Gasteiger charge is -2.19. The molecular weight excluding hydrogens is 1310 g/mol. The number of pyridine rings is 1. The van der Waals surface area contributed by atoms with E-state index in [-0.39, 0.29) is 74.9 Å². The minimum Gasteiger partial charge on any atom is -0.449 e. The number of rotatable bonds is 19. The summed E-state index contributed by atoms with van der Waals surface area (Å²) in [4.78, 5) is 73.0. The van der Waals surface area contributed by atoms with E-state index in [0.717, 1.165) is 40.0 Å². The van der Waals surface area contributed by atoms with Crippen LogP contribution in [0.1, 0.15) is 201 Å². The summed E-state index contributed by atoms with van der Waals surface area (Å²) in [7, 11) is -0.314. The van der Waals surface area contributed by atoms with Crippen LogP contribution in [0.4, 0.5) is 32.5 Å². The van der Waals surface area contributed by atoms with Gasteiger partial charge in [-0.2, -0.15) is 0 Å². The topological polar surface area (TPSA) is 305 Å². The number of primary amides is 1. The molecule has 0 aliphatic heterocycles. The van der Waals surface area contributed by atoms with E-state index in [1.807, 2.05) is 122 Å². The van der Waals surface area contributed by atoms with Gasteiger partial charge in [-0.05, 0) is 152 Å². The van der Waals surface area contributed by atoms with Crippen LogP contribution in [0.2, 0.25) is 0 Å². The zero-order valence-corrected chi connectivity index (χ0v) is 65.4. The van der Waals surface area contributed by atoms with Crippen molar-refractivity contribution in [3.63, 3.8) is 0 Å². The molecule has 1 aromatic heterocycles. The predicted molar refractivity (Wildman–Crippen MR) is 411 cm³/mol. The Morgan fingerprint density at radius 1 is 0.500 bits per heavy atom. The fraction of sp³-hybridized carbons (Fsp3) is 0.487. The van der Waals surface area contributed by atoms with Crippen LogP contribution in [0.3, 0.4) is 0 Å².